The molecule has 1 amide bonds. The Balaban J connectivity index is 1.62. The molecule has 35 heavy (non-hydrogen) atoms. The smallest absolute Gasteiger partial charge is 0.224 e. The minimum atomic E-state index is -0.347. The summed E-state index contributed by atoms with van der Waals surface area (Å²) in [6.45, 7) is 2.05. The molecule has 6 nitrogen and oxygen atoms in total. The summed E-state index contributed by atoms with van der Waals surface area (Å²) in [6.07, 6.45) is 4.31. The molecular weight excluding hydrogens is 449 g/mol. The Morgan fingerprint density at radius 1 is 1.11 bits per heavy atom. The largest absolute Gasteiger partial charge is 0.496 e. The average Bonchev–Trinajstić information content (AvgIpc) is 3.47. The van der Waals surface area contributed by atoms with Crippen LogP contribution in [0.3, 0.4) is 0 Å². The van der Waals surface area contributed by atoms with E-state index in [9.17, 15) is 14.3 Å². The SMILES string of the molecule is COc1cc(C/C=C2/C(C)=C(CC(=O)NCc3ccco3)c3cc(F)ccc32)cc(OC)c1CO. The number of furan rings is 1. The minimum absolute atomic E-state index is 0.132. The second kappa shape index (κ2) is 10.6. The van der Waals surface area contributed by atoms with E-state index in [0.717, 1.165) is 33.4 Å². The molecule has 0 atom stereocenters. The predicted molar refractivity (Wildman–Crippen MR) is 131 cm³/mol. The zero-order valence-corrected chi connectivity index (χ0v) is 20.0. The Kier molecular flexibility index (Phi) is 7.36. The third kappa shape index (κ3) is 5.15. The third-order valence-electron chi connectivity index (χ3n) is 6.20. The molecule has 3 aromatic rings. The van der Waals surface area contributed by atoms with Gasteiger partial charge in [0.05, 0.1) is 45.6 Å². The number of allylic oxidation sites excluding steroid dienone is 3. The van der Waals surface area contributed by atoms with Gasteiger partial charge in [-0.3, -0.25) is 4.79 Å². The monoisotopic (exact) mass is 477 g/mol. The number of nitrogens with one attached hydrogen (secondary N) is 1. The summed E-state index contributed by atoms with van der Waals surface area (Å²) in [4.78, 5) is 12.7. The van der Waals surface area contributed by atoms with E-state index in [0.29, 0.717) is 35.8 Å². The number of hydrogen-bond acceptors (Lipinski definition) is 5. The van der Waals surface area contributed by atoms with Gasteiger partial charge in [0.2, 0.25) is 5.91 Å². The van der Waals surface area contributed by atoms with Crippen LogP contribution < -0.4 is 14.8 Å². The number of methoxy groups -OCH3 is 2. The van der Waals surface area contributed by atoms with E-state index in [1.54, 1.807) is 38.7 Å². The average molecular weight is 478 g/mol. The van der Waals surface area contributed by atoms with E-state index >= 15 is 0 Å². The minimum Gasteiger partial charge on any atom is -0.496 e. The van der Waals surface area contributed by atoms with Crippen molar-refractivity contribution in [2.24, 2.45) is 0 Å². The van der Waals surface area contributed by atoms with Crippen LogP contribution in [0.15, 0.2) is 64.8 Å². The van der Waals surface area contributed by atoms with Crippen LogP contribution in [0.5, 0.6) is 11.5 Å². The number of fused-ring (bicyclic) bond motifs is 1. The maximum atomic E-state index is 14.1. The molecule has 0 saturated carbocycles. The van der Waals surface area contributed by atoms with Crippen molar-refractivity contribution in [2.75, 3.05) is 14.2 Å². The van der Waals surface area contributed by atoms with Crippen LogP contribution in [-0.2, 0) is 24.4 Å². The van der Waals surface area contributed by atoms with Gasteiger partial charge in [-0.2, -0.15) is 0 Å². The molecule has 0 saturated heterocycles. The Morgan fingerprint density at radius 2 is 1.86 bits per heavy atom. The van der Waals surface area contributed by atoms with Gasteiger partial charge in [0, 0.05) is 0 Å². The van der Waals surface area contributed by atoms with E-state index in [1.165, 1.54) is 12.1 Å². The van der Waals surface area contributed by atoms with Gasteiger partial charge in [-0.1, -0.05) is 12.1 Å². The van der Waals surface area contributed by atoms with Crippen molar-refractivity contribution in [3.8, 4) is 11.5 Å². The molecule has 0 fully saturated rings. The molecule has 182 valence electrons. The first kappa shape index (κ1) is 24.3. The maximum Gasteiger partial charge on any atom is 0.224 e. The lowest BCUT2D eigenvalue weighted by molar-refractivity contribution is -0.120. The summed E-state index contributed by atoms with van der Waals surface area (Å²) < 4.78 is 30.3. The van der Waals surface area contributed by atoms with Gasteiger partial charge in [0.1, 0.15) is 23.1 Å². The number of carbonyl (C=O) groups excluding carboxylic acids is 1. The fraction of sp³-hybridized carbons (Fsp3) is 0.250. The second-order valence-corrected chi connectivity index (χ2v) is 8.29. The molecule has 1 heterocycles. The van der Waals surface area contributed by atoms with Crippen molar-refractivity contribution >= 4 is 17.1 Å². The van der Waals surface area contributed by atoms with Gasteiger partial charge in [-0.25, -0.2) is 4.39 Å². The van der Waals surface area contributed by atoms with Gasteiger partial charge < -0.3 is 24.3 Å². The van der Waals surface area contributed by atoms with Crippen LogP contribution in [0.4, 0.5) is 4.39 Å². The van der Waals surface area contributed by atoms with Crippen LogP contribution in [-0.4, -0.2) is 25.2 Å². The predicted octanol–water partition coefficient (Wildman–Crippen LogP) is 5.05. The molecule has 0 aliphatic heterocycles. The molecule has 2 aromatic carbocycles. The fourth-order valence-corrected chi connectivity index (χ4v) is 4.41. The first-order chi connectivity index (χ1) is 16.9. The van der Waals surface area contributed by atoms with E-state index in [4.69, 9.17) is 13.9 Å². The van der Waals surface area contributed by atoms with Gasteiger partial charge in [-0.15, -0.1) is 0 Å². The Bertz CT molecular complexity index is 1270. The Hall–Kier alpha value is -3.84. The number of benzene rings is 2. The number of amides is 1. The molecule has 1 aromatic heterocycles. The van der Waals surface area contributed by atoms with Crippen LogP contribution in [0.2, 0.25) is 0 Å². The van der Waals surface area contributed by atoms with Crippen molar-refractivity contribution in [3.05, 3.63) is 94.2 Å². The Labute approximate surface area is 203 Å². The molecule has 0 bridgehead atoms. The van der Waals surface area contributed by atoms with Crippen LogP contribution in [0.1, 0.15) is 41.4 Å². The number of carbonyl (C=O) groups is 1. The molecule has 4 rings (SSSR count). The maximum absolute atomic E-state index is 14.1. The number of hydrogen-bond donors (Lipinski definition) is 2. The summed E-state index contributed by atoms with van der Waals surface area (Å²) in [6, 6.07) is 12.0. The van der Waals surface area contributed by atoms with E-state index < -0.39 is 0 Å². The highest BCUT2D eigenvalue weighted by molar-refractivity contribution is 6.04. The number of halogens is 1. The molecule has 0 spiro atoms. The van der Waals surface area contributed by atoms with Crippen LogP contribution >= 0.6 is 0 Å². The lowest BCUT2D eigenvalue weighted by Crippen LogP contribution is -2.22. The van der Waals surface area contributed by atoms with E-state index in [1.807, 2.05) is 19.1 Å². The number of ether oxygens (including phenoxy) is 2. The van der Waals surface area contributed by atoms with Crippen molar-refractivity contribution in [1.29, 1.82) is 0 Å². The zero-order chi connectivity index (χ0) is 24.9. The first-order valence-electron chi connectivity index (χ1n) is 11.3. The molecule has 0 radical (unpaired) electrons. The van der Waals surface area contributed by atoms with E-state index in [2.05, 4.69) is 11.4 Å². The second-order valence-electron chi connectivity index (χ2n) is 8.29. The Morgan fingerprint density at radius 3 is 2.49 bits per heavy atom. The quantitative estimate of drug-likeness (QED) is 0.451. The van der Waals surface area contributed by atoms with Crippen molar-refractivity contribution in [1.82, 2.24) is 5.32 Å². The fourth-order valence-electron chi connectivity index (χ4n) is 4.41. The highest BCUT2D eigenvalue weighted by Gasteiger charge is 2.25. The molecule has 1 aliphatic carbocycles. The lowest BCUT2D eigenvalue weighted by Gasteiger charge is -2.13. The standard InChI is InChI=1S/C28H28FNO5/c1-17-21(8-6-18-11-26(33-2)25(16-31)27(12-18)34-3)22-9-7-19(29)13-24(22)23(17)14-28(32)30-15-20-5-4-10-35-20/h4-5,7-13,31H,6,14-16H2,1-3H3,(H,30,32)/b21-8-. The summed E-state index contributed by atoms with van der Waals surface area (Å²) in [5.41, 5.74) is 5.84. The van der Waals surface area contributed by atoms with Gasteiger partial charge in [-0.05, 0) is 83.2 Å². The molecular formula is C28H28FNO5. The highest BCUT2D eigenvalue weighted by Crippen LogP contribution is 2.43. The molecule has 2 N–H and O–H groups in total. The third-order valence-corrected chi connectivity index (χ3v) is 6.20. The van der Waals surface area contributed by atoms with E-state index in [-0.39, 0.29) is 24.8 Å². The number of aliphatic hydroxyl groups is 1. The van der Waals surface area contributed by atoms with Gasteiger partial charge in [0.15, 0.2) is 0 Å². The summed E-state index contributed by atoms with van der Waals surface area (Å²) in [5, 5.41) is 12.5. The number of aliphatic hydroxyl groups excluding tert-OH is 1. The molecule has 7 heteroatoms. The van der Waals surface area contributed by atoms with Crippen molar-refractivity contribution < 1.29 is 28.2 Å². The van der Waals surface area contributed by atoms with Crippen LogP contribution in [0, 0.1) is 5.82 Å². The van der Waals surface area contributed by atoms with Crippen molar-refractivity contribution in [2.45, 2.75) is 32.9 Å². The molecule has 0 unspecified atom stereocenters. The lowest BCUT2D eigenvalue weighted by atomic mass is 9.99. The normalized spacial score (nSPS) is 13.8. The van der Waals surface area contributed by atoms with Gasteiger partial charge in [0.25, 0.3) is 0 Å². The van der Waals surface area contributed by atoms with Crippen molar-refractivity contribution in [3.63, 3.8) is 0 Å². The highest BCUT2D eigenvalue weighted by atomic mass is 19.1. The topological polar surface area (TPSA) is 80.9 Å². The number of rotatable bonds is 9. The van der Waals surface area contributed by atoms with Crippen LogP contribution in [0.25, 0.3) is 11.1 Å². The summed E-state index contributed by atoms with van der Waals surface area (Å²) >= 11 is 0. The molecule has 1 aliphatic rings. The summed E-state index contributed by atoms with van der Waals surface area (Å²) in [5.74, 6) is 1.26. The zero-order valence-electron chi connectivity index (χ0n) is 20.0. The first-order valence-corrected chi connectivity index (χ1v) is 11.3. The van der Waals surface area contributed by atoms with Gasteiger partial charge >= 0.3 is 0 Å². The summed E-state index contributed by atoms with van der Waals surface area (Å²) in [7, 11) is 3.10.